The molecule has 0 saturated carbocycles. The van der Waals surface area contributed by atoms with Gasteiger partial charge in [0.1, 0.15) is 12.2 Å². The summed E-state index contributed by atoms with van der Waals surface area (Å²) in [5.41, 5.74) is -0.800. The third-order valence-corrected chi connectivity index (χ3v) is 3.57. The standard InChI is InChI=1S/C11H15N3O6S/c1-2-6-13(7-10(15)16)8-4-3-5-9(21(12,19)20)11(8)14(17)18/h3-5H,2,6-7H2,1H3,(H,15,16)(H2,12,19,20). The number of benzene rings is 1. The van der Waals surface area contributed by atoms with Crippen molar-refractivity contribution in [2.24, 2.45) is 5.14 Å². The van der Waals surface area contributed by atoms with Crippen molar-refractivity contribution < 1.29 is 23.2 Å². The van der Waals surface area contributed by atoms with Gasteiger partial charge in [0.15, 0.2) is 4.90 Å². The van der Waals surface area contributed by atoms with Gasteiger partial charge in [-0.15, -0.1) is 0 Å². The molecule has 10 heteroatoms. The monoisotopic (exact) mass is 317 g/mol. The van der Waals surface area contributed by atoms with E-state index >= 15 is 0 Å². The highest BCUT2D eigenvalue weighted by Crippen LogP contribution is 2.34. The summed E-state index contributed by atoms with van der Waals surface area (Å²) < 4.78 is 22.9. The van der Waals surface area contributed by atoms with Gasteiger partial charge in [-0.3, -0.25) is 14.9 Å². The topological polar surface area (TPSA) is 144 Å². The Bertz CT molecular complexity index is 658. The second-order valence-electron chi connectivity index (χ2n) is 4.24. The fraction of sp³-hybridized carbons (Fsp3) is 0.364. The molecule has 0 aliphatic carbocycles. The van der Waals surface area contributed by atoms with Crippen LogP contribution < -0.4 is 10.0 Å². The molecule has 9 nitrogen and oxygen atoms in total. The van der Waals surface area contributed by atoms with Crippen LogP contribution in [0, 0.1) is 10.1 Å². The molecule has 0 amide bonds. The molecule has 0 aliphatic rings. The van der Waals surface area contributed by atoms with Crippen LogP contribution in [0.3, 0.4) is 0 Å². The average Bonchev–Trinajstić information content (AvgIpc) is 2.35. The molecular formula is C11H15N3O6S. The van der Waals surface area contributed by atoms with Crippen molar-refractivity contribution >= 4 is 27.4 Å². The Morgan fingerprint density at radius 3 is 2.52 bits per heavy atom. The predicted octanol–water partition coefficient (Wildman–Crippen LogP) is 0.543. The van der Waals surface area contributed by atoms with E-state index in [-0.39, 0.29) is 12.2 Å². The first-order valence-electron chi connectivity index (χ1n) is 5.95. The molecule has 0 aliphatic heterocycles. The number of para-hydroxylation sites is 1. The van der Waals surface area contributed by atoms with Crippen LogP contribution in [0.15, 0.2) is 23.1 Å². The van der Waals surface area contributed by atoms with Crippen LogP contribution in [0.4, 0.5) is 11.4 Å². The third-order valence-electron chi connectivity index (χ3n) is 2.63. The molecule has 21 heavy (non-hydrogen) atoms. The fourth-order valence-electron chi connectivity index (χ4n) is 1.90. The van der Waals surface area contributed by atoms with Gasteiger partial charge in [-0.25, -0.2) is 13.6 Å². The lowest BCUT2D eigenvalue weighted by Gasteiger charge is -2.22. The Morgan fingerprint density at radius 1 is 1.48 bits per heavy atom. The van der Waals surface area contributed by atoms with E-state index in [1.54, 1.807) is 6.92 Å². The number of carboxylic acids is 1. The van der Waals surface area contributed by atoms with Gasteiger partial charge in [-0.2, -0.15) is 0 Å². The molecule has 0 fully saturated rings. The molecule has 0 atom stereocenters. The highest BCUT2D eigenvalue weighted by atomic mass is 32.2. The number of carbonyl (C=O) groups is 1. The molecule has 0 saturated heterocycles. The number of nitrogens with zero attached hydrogens (tertiary/aromatic N) is 2. The normalized spacial score (nSPS) is 11.1. The summed E-state index contributed by atoms with van der Waals surface area (Å²) in [5, 5.41) is 25.0. The van der Waals surface area contributed by atoms with E-state index in [1.165, 1.54) is 17.0 Å². The van der Waals surface area contributed by atoms with Gasteiger partial charge in [-0.1, -0.05) is 13.0 Å². The Balaban J connectivity index is 3.53. The number of sulfonamides is 1. The summed E-state index contributed by atoms with van der Waals surface area (Å²) in [6.07, 6.45) is 0.532. The molecule has 1 aromatic rings. The van der Waals surface area contributed by atoms with Crippen molar-refractivity contribution in [2.75, 3.05) is 18.0 Å². The van der Waals surface area contributed by atoms with Crippen LogP contribution in [-0.4, -0.2) is 37.5 Å². The highest BCUT2D eigenvalue weighted by molar-refractivity contribution is 7.89. The van der Waals surface area contributed by atoms with Gasteiger partial charge in [0.2, 0.25) is 10.0 Å². The molecule has 0 unspecified atom stereocenters. The summed E-state index contributed by atoms with van der Waals surface area (Å²) in [6.45, 7) is 1.51. The number of nitrogens with two attached hydrogens (primary N) is 1. The van der Waals surface area contributed by atoms with Crippen LogP contribution in [0.25, 0.3) is 0 Å². The summed E-state index contributed by atoms with van der Waals surface area (Å²) in [6, 6.07) is 3.60. The second-order valence-corrected chi connectivity index (χ2v) is 5.77. The molecule has 0 heterocycles. The van der Waals surface area contributed by atoms with Crippen molar-refractivity contribution in [3.63, 3.8) is 0 Å². The lowest BCUT2D eigenvalue weighted by atomic mass is 10.2. The molecule has 3 N–H and O–H groups in total. The maximum Gasteiger partial charge on any atom is 0.323 e. The smallest absolute Gasteiger partial charge is 0.323 e. The minimum absolute atomic E-state index is 0.0872. The van der Waals surface area contributed by atoms with Crippen LogP contribution in [0.2, 0.25) is 0 Å². The summed E-state index contributed by atoms with van der Waals surface area (Å²) in [5.74, 6) is -1.18. The minimum Gasteiger partial charge on any atom is -0.480 e. The van der Waals surface area contributed by atoms with Gasteiger partial charge >= 0.3 is 11.7 Å². The number of aliphatic carboxylic acids is 1. The Hall–Kier alpha value is -2.20. The lowest BCUT2D eigenvalue weighted by Crippen LogP contribution is -2.31. The first-order chi connectivity index (χ1) is 9.68. The third kappa shape index (κ3) is 4.13. The van der Waals surface area contributed by atoms with Gasteiger partial charge in [0, 0.05) is 6.54 Å². The highest BCUT2D eigenvalue weighted by Gasteiger charge is 2.29. The zero-order valence-corrected chi connectivity index (χ0v) is 12.0. The number of anilines is 1. The number of rotatable bonds is 7. The van der Waals surface area contributed by atoms with Crippen molar-refractivity contribution in [1.82, 2.24) is 0 Å². The number of nitro groups is 1. The van der Waals surface area contributed by atoms with Crippen LogP contribution >= 0.6 is 0 Å². The van der Waals surface area contributed by atoms with E-state index in [0.717, 1.165) is 6.07 Å². The number of hydrogen-bond acceptors (Lipinski definition) is 6. The first-order valence-corrected chi connectivity index (χ1v) is 7.50. The number of carboxylic acid groups (broad SMARTS) is 1. The van der Waals surface area contributed by atoms with E-state index in [9.17, 15) is 23.3 Å². The van der Waals surface area contributed by atoms with Crippen molar-refractivity contribution in [1.29, 1.82) is 0 Å². The van der Waals surface area contributed by atoms with Gasteiger partial charge in [0.05, 0.1) is 4.92 Å². The number of nitro benzene ring substituents is 1. The van der Waals surface area contributed by atoms with Gasteiger partial charge < -0.3 is 10.0 Å². The Labute approximate surface area is 121 Å². The zero-order valence-electron chi connectivity index (χ0n) is 11.2. The van der Waals surface area contributed by atoms with Crippen LogP contribution in [0.1, 0.15) is 13.3 Å². The number of hydrogen-bond donors (Lipinski definition) is 2. The molecule has 1 rings (SSSR count). The SMILES string of the molecule is CCCN(CC(=O)O)c1cccc(S(N)(=O)=O)c1[N+](=O)[O-]. The van der Waals surface area contributed by atoms with Crippen molar-refractivity contribution in [3.05, 3.63) is 28.3 Å². The summed E-state index contributed by atoms with van der Waals surface area (Å²) in [4.78, 5) is 21.8. The summed E-state index contributed by atoms with van der Waals surface area (Å²) in [7, 11) is -4.29. The quantitative estimate of drug-likeness (QED) is 0.551. The minimum atomic E-state index is -4.29. The van der Waals surface area contributed by atoms with Crippen LogP contribution in [0.5, 0.6) is 0 Å². The summed E-state index contributed by atoms with van der Waals surface area (Å²) >= 11 is 0. The average molecular weight is 317 g/mol. The molecule has 0 spiro atoms. The first kappa shape index (κ1) is 16.9. The van der Waals surface area contributed by atoms with Crippen molar-refractivity contribution in [2.45, 2.75) is 18.2 Å². The van der Waals surface area contributed by atoms with E-state index in [1.807, 2.05) is 0 Å². The zero-order chi connectivity index (χ0) is 16.2. The maximum absolute atomic E-state index is 11.5. The predicted molar refractivity (Wildman–Crippen MR) is 74.6 cm³/mol. The van der Waals surface area contributed by atoms with E-state index in [0.29, 0.717) is 6.42 Å². The Kier molecular flexibility index (Phi) is 5.22. The maximum atomic E-state index is 11.5. The van der Waals surface area contributed by atoms with E-state index < -0.39 is 38.0 Å². The van der Waals surface area contributed by atoms with Crippen LogP contribution in [-0.2, 0) is 14.8 Å². The lowest BCUT2D eigenvalue weighted by molar-refractivity contribution is -0.387. The largest absolute Gasteiger partial charge is 0.480 e. The molecule has 0 radical (unpaired) electrons. The fourth-order valence-corrected chi connectivity index (χ4v) is 2.61. The molecular weight excluding hydrogens is 302 g/mol. The molecule has 0 bridgehead atoms. The molecule has 116 valence electrons. The van der Waals surface area contributed by atoms with Crippen molar-refractivity contribution in [3.8, 4) is 0 Å². The van der Waals surface area contributed by atoms with E-state index in [4.69, 9.17) is 10.2 Å². The molecule has 0 aromatic heterocycles. The van der Waals surface area contributed by atoms with Gasteiger partial charge in [-0.05, 0) is 18.6 Å². The number of primary sulfonamides is 1. The van der Waals surface area contributed by atoms with E-state index in [2.05, 4.69) is 0 Å². The van der Waals surface area contributed by atoms with Gasteiger partial charge in [0.25, 0.3) is 0 Å². The Morgan fingerprint density at radius 2 is 2.10 bits per heavy atom. The molecule has 1 aromatic carbocycles. The second kappa shape index (κ2) is 6.50.